The highest BCUT2D eigenvalue weighted by atomic mass is 16.3. The number of carbonyl (C=O) groups is 1. The number of amidine groups is 1. The van der Waals surface area contributed by atoms with Crippen LogP contribution in [0.4, 0.5) is 0 Å². The lowest BCUT2D eigenvalue weighted by atomic mass is 10.2. The number of hydrogen-bond acceptors (Lipinski definition) is 4. The molecule has 1 aliphatic rings. The van der Waals surface area contributed by atoms with E-state index in [4.69, 9.17) is 8.83 Å². The Morgan fingerprint density at radius 3 is 2.46 bits per heavy atom. The van der Waals surface area contributed by atoms with Crippen LogP contribution in [-0.4, -0.2) is 16.6 Å². The van der Waals surface area contributed by atoms with Gasteiger partial charge in [-0.1, -0.05) is 30.3 Å². The van der Waals surface area contributed by atoms with Crippen molar-refractivity contribution in [3.8, 4) is 0 Å². The first-order valence-corrected chi connectivity index (χ1v) is 7.55. The molecule has 0 fully saturated rings. The first-order valence-electron chi connectivity index (χ1n) is 7.55. The molecule has 0 saturated heterocycles. The Balaban J connectivity index is 1.74. The highest BCUT2D eigenvalue weighted by molar-refractivity contribution is 6.19. The van der Waals surface area contributed by atoms with Gasteiger partial charge in [0.1, 0.15) is 23.1 Å². The molecule has 0 unspecified atom stereocenters. The topological polar surface area (TPSA) is 59.0 Å². The van der Waals surface area contributed by atoms with E-state index in [9.17, 15) is 4.79 Å². The van der Waals surface area contributed by atoms with Gasteiger partial charge < -0.3 is 8.83 Å². The number of furan rings is 2. The Morgan fingerprint density at radius 1 is 0.958 bits per heavy atom. The average molecular weight is 318 g/mol. The molecule has 1 amide bonds. The van der Waals surface area contributed by atoms with Crippen LogP contribution in [0, 0.1) is 0 Å². The number of benzene rings is 1. The summed E-state index contributed by atoms with van der Waals surface area (Å²) in [6.07, 6.45) is 4.80. The zero-order chi connectivity index (χ0) is 16.4. The average Bonchev–Trinajstić information content (AvgIpc) is 3.35. The van der Waals surface area contributed by atoms with E-state index in [0.717, 1.165) is 5.56 Å². The number of rotatable bonds is 4. The maximum Gasteiger partial charge on any atom is 0.278 e. The van der Waals surface area contributed by atoms with Crippen molar-refractivity contribution in [3.05, 3.63) is 89.9 Å². The van der Waals surface area contributed by atoms with Crippen molar-refractivity contribution < 1.29 is 13.6 Å². The summed E-state index contributed by atoms with van der Waals surface area (Å²) in [7, 11) is 0. The molecule has 118 valence electrons. The van der Waals surface area contributed by atoms with E-state index in [2.05, 4.69) is 4.99 Å². The molecule has 1 aromatic carbocycles. The molecule has 3 aromatic rings. The molecule has 5 heteroatoms. The zero-order valence-electron chi connectivity index (χ0n) is 12.8. The minimum Gasteiger partial charge on any atom is -0.467 e. The third-order valence-electron chi connectivity index (χ3n) is 3.69. The van der Waals surface area contributed by atoms with E-state index in [1.54, 1.807) is 41.7 Å². The van der Waals surface area contributed by atoms with Crippen molar-refractivity contribution in [1.29, 1.82) is 0 Å². The molecule has 0 spiro atoms. The van der Waals surface area contributed by atoms with Crippen LogP contribution in [-0.2, 0) is 11.3 Å². The maximum atomic E-state index is 12.8. The predicted octanol–water partition coefficient (Wildman–Crippen LogP) is 3.70. The van der Waals surface area contributed by atoms with Crippen LogP contribution in [0.5, 0.6) is 0 Å². The van der Waals surface area contributed by atoms with Crippen LogP contribution in [0.2, 0.25) is 0 Å². The second kappa shape index (κ2) is 6.04. The molecule has 0 radical (unpaired) electrons. The molecule has 4 rings (SSSR count). The first-order chi connectivity index (χ1) is 11.8. The smallest absolute Gasteiger partial charge is 0.278 e. The second-order valence-corrected chi connectivity index (χ2v) is 5.32. The number of carbonyl (C=O) groups excluding carboxylic acids is 1. The van der Waals surface area contributed by atoms with Crippen LogP contribution in [0.1, 0.15) is 17.1 Å². The molecule has 0 bridgehead atoms. The molecule has 1 aliphatic heterocycles. The van der Waals surface area contributed by atoms with Gasteiger partial charge in [0.15, 0.2) is 0 Å². The highest BCUT2D eigenvalue weighted by Gasteiger charge is 2.31. The lowest BCUT2D eigenvalue weighted by Gasteiger charge is -2.16. The van der Waals surface area contributed by atoms with Gasteiger partial charge in [-0.15, -0.1) is 0 Å². The monoisotopic (exact) mass is 318 g/mol. The third-order valence-corrected chi connectivity index (χ3v) is 3.69. The minimum absolute atomic E-state index is 0.179. The van der Waals surface area contributed by atoms with Crippen molar-refractivity contribution in [2.75, 3.05) is 0 Å². The standard InChI is InChI=1S/C19H14N2O3/c22-19-17(12-15-8-4-10-23-15)20-18(14-6-2-1-3-7-14)21(19)13-16-9-5-11-24-16/h1-12H,13H2/b17-12-. The fraction of sp³-hybridized carbons (Fsp3) is 0.0526. The molecular weight excluding hydrogens is 304 g/mol. The van der Waals surface area contributed by atoms with Gasteiger partial charge in [-0.2, -0.15) is 0 Å². The molecule has 5 nitrogen and oxygen atoms in total. The van der Waals surface area contributed by atoms with Gasteiger partial charge in [0.05, 0.1) is 19.1 Å². The number of aliphatic imine (C=N–C) groups is 1. The van der Waals surface area contributed by atoms with Crippen LogP contribution in [0.15, 0.2) is 86.6 Å². The summed E-state index contributed by atoms with van der Waals surface area (Å²) in [6.45, 7) is 0.328. The van der Waals surface area contributed by atoms with Gasteiger partial charge in [-0.05, 0) is 24.3 Å². The van der Waals surface area contributed by atoms with E-state index in [1.807, 2.05) is 36.4 Å². The van der Waals surface area contributed by atoms with E-state index >= 15 is 0 Å². The van der Waals surface area contributed by atoms with Crippen LogP contribution in [0.3, 0.4) is 0 Å². The molecule has 3 heterocycles. The molecule has 24 heavy (non-hydrogen) atoms. The van der Waals surface area contributed by atoms with Crippen molar-refractivity contribution >= 4 is 17.8 Å². The molecule has 2 aromatic heterocycles. The van der Waals surface area contributed by atoms with Gasteiger partial charge in [0.25, 0.3) is 5.91 Å². The quantitative estimate of drug-likeness (QED) is 0.689. The van der Waals surface area contributed by atoms with Crippen molar-refractivity contribution in [1.82, 2.24) is 4.90 Å². The molecular formula is C19H14N2O3. The first kappa shape index (κ1) is 14.3. The summed E-state index contributed by atoms with van der Waals surface area (Å²) < 4.78 is 10.7. The molecule has 0 N–H and O–H groups in total. The summed E-state index contributed by atoms with van der Waals surface area (Å²) in [5.41, 5.74) is 1.22. The van der Waals surface area contributed by atoms with Gasteiger partial charge >= 0.3 is 0 Å². The van der Waals surface area contributed by atoms with E-state index in [1.165, 1.54) is 0 Å². The summed E-state index contributed by atoms with van der Waals surface area (Å²) in [4.78, 5) is 18.9. The van der Waals surface area contributed by atoms with Crippen LogP contribution < -0.4 is 0 Å². The number of amides is 1. The fourth-order valence-electron chi connectivity index (χ4n) is 2.57. The lowest BCUT2D eigenvalue weighted by molar-refractivity contribution is -0.123. The summed E-state index contributed by atoms with van der Waals surface area (Å²) in [5, 5.41) is 0. The normalized spacial score (nSPS) is 16.0. The number of nitrogens with zero attached hydrogens (tertiary/aromatic N) is 2. The summed E-state index contributed by atoms with van der Waals surface area (Å²) in [6, 6.07) is 16.8. The van der Waals surface area contributed by atoms with Gasteiger partial charge in [0.2, 0.25) is 0 Å². The molecule has 0 saturated carbocycles. The molecule has 0 atom stereocenters. The Labute approximate surface area is 138 Å². The maximum absolute atomic E-state index is 12.8. The van der Waals surface area contributed by atoms with E-state index in [-0.39, 0.29) is 5.91 Å². The van der Waals surface area contributed by atoms with Crippen molar-refractivity contribution in [3.63, 3.8) is 0 Å². The van der Waals surface area contributed by atoms with Gasteiger partial charge in [-0.3, -0.25) is 9.69 Å². The Bertz CT molecular complexity index is 892. The predicted molar refractivity (Wildman–Crippen MR) is 88.9 cm³/mol. The lowest BCUT2D eigenvalue weighted by Crippen LogP contribution is -2.32. The number of hydrogen-bond donors (Lipinski definition) is 0. The Hall–Kier alpha value is -3.34. The summed E-state index contributed by atoms with van der Waals surface area (Å²) in [5.74, 6) is 1.72. The van der Waals surface area contributed by atoms with Crippen molar-refractivity contribution in [2.45, 2.75) is 6.54 Å². The Kier molecular flexibility index (Phi) is 3.59. The Morgan fingerprint density at radius 2 is 1.75 bits per heavy atom. The fourth-order valence-corrected chi connectivity index (χ4v) is 2.57. The zero-order valence-corrected chi connectivity index (χ0v) is 12.8. The minimum atomic E-state index is -0.179. The molecule has 0 aliphatic carbocycles. The SMILES string of the molecule is O=C1/C(=C/c2ccco2)N=C(c2ccccc2)N1Cc1ccco1. The van der Waals surface area contributed by atoms with Gasteiger partial charge in [0, 0.05) is 11.6 Å². The van der Waals surface area contributed by atoms with E-state index in [0.29, 0.717) is 29.6 Å². The van der Waals surface area contributed by atoms with Crippen molar-refractivity contribution in [2.24, 2.45) is 4.99 Å². The largest absolute Gasteiger partial charge is 0.467 e. The summed E-state index contributed by atoms with van der Waals surface area (Å²) >= 11 is 0. The van der Waals surface area contributed by atoms with Gasteiger partial charge in [-0.25, -0.2) is 4.99 Å². The van der Waals surface area contributed by atoms with E-state index < -0.39 is 0 Å². The van der Waals surface area contributed by atoms with Crippen LogP contribution in [0.25, 0.3) is 6.08 Å². The van der Waals surface area contributed by atoms with Crippen LogP contribution >= 0.6 is 0 Å². The highest BCUT2D eigenvalue weighted by Crippen LogP contribution is 2.24. The third kappa shape index (κ3) is 2.67. The second-order valence-electron chi connectivity index (χ2n) is 5.32.